The molecule has 1 saturated heterocycles. The number of hydrogen-bond donors (Lipinski definition) is 1. The van der Waals surface area contributed by atoms with Crippen LogP contribution in [-0.4, -0.2) is 43.9 Å². The molecule has 1 aliphatic carbocycles. The highest BCUT2D eigenvalue weighted by molar-refractivity contribution is 7.16. The van der Waals surface area contributed by atoms with Gasteiger partial charge in [0.2, 0.25) is 0 Å². The molecule has 0 aromatic carbocycles. The van der Waals surface area contributed by atoms with E-state index in [0.717, 1.165) is 56.1 Å². The lowest BCUT2D eigenvalue weighted by atomic mass is 10.1. The van der Waals surface area contributed by atoms with E-state index in [1.54, 1.807) is 0 Å². The SMILES string of the molecule is CCC(=Cc1sc(N2CCOCC2)nc1C)CNC1CC1. The van der Waals surface area contributed by atoms with E-state index in [2.05, 4.69) is 30.1 Å². The van der Waals surface area contributed by atoms with Crippen LogP contribution in [0.25, 0.3) is 6.08 Å². The summed E-state index contributed by atoms with van der Waals surface area (Å²) >= 11 is 1.81. The van der Waals surface area contributed by atoms with E-state index in [9.17, 15) is 0 Å². The molecule has 2 aliphatic rings. The third-order valence-corrected chi connectivity index (χ3v) is 5.25. The molecule has 0 radical (unpaired) electrons. The Labute approximate surface area is 131 Å². The van der Waals surface area contributed by atoms with E-state index in [1.165, 1.54) is 23.3 Å². The summed E-state index contributed by atoms with van der Waals surface area (Å²) in [4.78, 5) is 8.40. The van der Waals surface area contributed by atoms with Crippen LogP contribution in [0.15, 0.2) is 5.57 Å². The van der Waals surface area contributed by atoms with Crippen molar-refractivity contribution in [3.05, 3.63) is 16.1 Å². The van der Waals surface area contributed by atoms with E-state index in [0.29, 0.717) is 0 Å². The van der Waals surface area contributed by atoms with E-state index < -0.39 is 0 Å². The highest BCUT2D eigenvalue weighted by Gasteiger charge is 2.20. The molecule has 3 rings (SSSR count). The molecule has 2 fully saturated rings. The molecule has 0 amide bonds. The van der Waals surface area contributed by atoms with Crippen molar-refractivity contribution in [1.29, 1.82) is 0 Å². The minimum absolute atomic E-state index is 0.770. The third-order valence-electron chi connectivity index (χ3n) is 4.09. The normalized spacial score (nSPS) is 20.1. The molecule has 5 heteroatoms. The molecule has 0 bridgehead atoms. The molecule has 1 aromatic heterocycles. The fourth-order valence-corrected chi connectivity index (χ4v) is 3.55. The van der Waals surface area contributed by atoms with Gasteiger partial charge in [-0.2, -0.15) is 0 Å². The topological polar surface area (TPSA) is 37.4 Å². The molecule has 0 spiro atoms. The first kappa shape index (κ1) is 15.0. The highest BCUT2D eigenvalue weighted by Crippen LogP contribution is 2.29. The molecule has 116 valence electrons. The van der Waals surface area contributed by atoms with Crippen LogP contribution in [0.3, 0.4) is 0 Å². The lowest BCUT2D eigenvalue weighted by Gasteiger charge is -2.26. The Hall–Kier alpha value is -0.910. The molecule has 0 unspecified atom stereocenters. The molecule has 1 aromatic rings. The predicted octanol–water partition coefficient (Wildman–Crippen LogP) is 2.83. The Morgan fingerprint density at radius 2 is 2.19 bits per heavy atom. The molecular weight excluding hydrogens is 282 g/mol. The third kappa shape index (κ3) is 4.05. The number of morpholine rings is 1. The van der Waals surface area contributed by atoms with Gasteiger partial charge in [0.15, 0.2) is 5.13 Å². The zero-order valence-electron chi connectivity index (χ0n) is 13.0. The summed E-state index contributed by atoms with van der Waals surface area (Å²) in [5.74, 6) is 0. The van der Waals surface area contributed by atoms with Crippen molar-refractivity contribution < 1.29 is 4.74 Å². The van der Waals surface area contributed by atoms with Gasteiger partial charge in [0.25, 0.3) is 0 Å². The first-order valence-electron chi connectivity index (χ1n) is 7.99. The van der Waals surface area contributed by atoms with Gasteiger partial charge in [-0.3, -0.25) is 0 Å². The molecule has 2 heterocycles. The van der Waals surface area contributed by atoms with Gasteiger partial charge in [0.1, 0.15) is 0 Å². The van der Waals surface area contributed by atoms with Crippen LogP contribution >= 0.6 is 11.3 Å². The highest BCUT2D eigenvalue weighted by atomic mass is 32.1. The number of ether oxygens (including phenoxy) is 1. The van der Waals surface area contributed by atoms with Gasteiger partial charge in [-0.1, -0.05) is 23.8 Å². The summed E-state index contributed by atoms with van der Waals surface area (Å²) in [6, 6.07) is 0.770. The Morgan fingerprint density at radius 3 is 2.86 bits per heavy atom. The van der Waals surface area contributed by atoms with Crippen molar-refractivity contribution in [2.24, 2.45) is 0 Å². The van der Waals surface area contributed by atoms with Gasteiger partial charge in [-0.15, -0.1) is 0 Å². The van der Waals surface area contributed by atoms with Crippen molar-refractivity contribution in [3.8, 4) is 0 Å². The van der Waals surface area contributed by atoms with Gasteiger partial charge >= 0.3 is 0 Å². The fourth-order valence-electron chi connectivity index (χ4n) is 2.44. The van der Waals surface area contributed by atoms with Crippen LogP contribution in [0.2, 0.25) is 0 Å². The van der Waals surface area contributed by atoms with Crippen LogP contribution < -0.4 is 10.2 Å². The average Bonchev–Trinajstić information content (AvgIpc) is 3.27. The van der Waals surface area contributed by atoms with E-state index in [-0.39, 0.29) is 0 Å². The number of aryl methyl sites for hydroxylation is 1. The maximum absolute atomic E-state index is 5.42. The van der Waals surface area contributed by atoms with Crippen molar-refractivity contribution in [2.75, 3.05) is 37.7 Å². The predicted molar refractivity (Wildman–Crippen MR) is 89.2 cm³/mol. The second-order valence-corrected chi connectivity index (χ2v) is 6.87. The summed E-state index contributed by atoms with van der Waals surface area (Å²) in [6.45, 7) is 8.92. The average molecular weight is 307 g/mol. The summed E-state index contributed by atoms with van der Waals surface area (Å²) in [7, 11) is 0. The van der Waals surface area contributed by atoms with Gasteiger partial charge < -0.3 is 15.0 Å². The summed E-state index contributed by atoms with van der Waals surface area (Å²) in [5, 5.41) is 4.75. The first-order valence-corrected chi connectivity index (χ1v) is 8.81. The number of nitrogens with one attached hydrogen (secondary N) is 1. The van der Waals surface area contributed by atoms with Gasteiger partial charge in [0, 0.05) is 25.7 Å². The second-order valence-electron chi connectivity index (χ2n) is 5.86. The van der Waals surface area contributed by atoms with Crippen LogP contribution in [0, 0.1) is 6.92 Å². The van der Waals surface area contributed by atoms with Crippen molar-refractivity contribution in [1.82, 2.24) is 10.3 Å². The quantitative estimate of drug-likeness (QED) is 0.877. The minimum Gasteiger partial charge on any atom is -0.378 e. The zero-order valence-corrected chi connectivity index (χ0v) is 13.8. The molecule has 21 heavy (non-hydrogen) atoms. The number of anilines is 1. The van der Waals surface area contributed by atoms with Crippen LogP contribution in [0.5, 0.6) is 0 Å². The Kier molecular flexibility index (Phi) is 4.93. The number of thiazole rings is 1. The van der Waals surface area contributed by atoms with Gasteiger partial charge in [-0.25, -0.2) is 4.98 Å². The first-order chi connectivity index (χ1) is 10.3. The second kappa shape index (κ2) is 6.90. The van der Waals surface area contributed by atoms with E-state index in [4.69, 9.17) is 9.72 Å². The molecule has 4 nitrogen and oxygen atoms in total. The van der Waals surface area contributed by atoms with Crippen molar-refractivity contribution in [3.63, 3.8) is 0 Å². The summed E-state index contributed by atoms with van der Waals surface area (Å²) in [6.07, 6.45) is 6.13. The Morgan fingerprint density at radius 1 is 1.43 bits per heavy atom. The number of aromatic nitrogens is 1. The fraction of sp³-hybridized carbons (Fsp3) is 0.688. The van der Waals surface area contributed by atoms with Crippen molar-refractivity contribution in [2.45, 2.75) is 39.2 Å². The smallest absolute Gasteiger partial charge is 0.186 e. The molecule has 1 aliphatic heterocycles. The molecule has 1 saturated carbocycles. The Bertz CT molecular complexity index is 502. The van der Waals surface area contributed by atoms with Crippen molar-refractivity contribution >= 4 is 22.5 Å². The largest absolute Gasteiger partial charge is 0.378 e. The van der Waals surface area contributed by atoms with Crippen LogP contribution in [0.1, 0.15) is 36.8 Å². The number of hydrogen-bond acceptors (Lipinski definition) is 5. The number of rotatable bonds is 6. The van der Waals surface area contributed by atoms with E-state index in [1.807, 2.05) is 11.3 Å². The standard InChI is InChI=1S/C16H25N3OS/c1-3-13(11-17-14-4-5-14)10-15-12(2)18-16(21-15)19-6-8-20-9-7-19/h10,14,17H,3-9,11H2,1-2H3. The molecule has 0 atom stereocenters. The van der Waals surface area contributed by atoms with Gasteiger partial charge in [0.05, 0.1) is 23.8 Å². The number of nitrogens with zero attached hydrogens (tertiary/aromatic N) is 2. The maximum Gasteiger partial charge on any atom is 0.186 e. The lowest BCUT2D eigenvalue weighted by Crippen LogP contribution is -2.36. The summed E-state index contributed by atoms with van der Waals surface area (Å²) in [5.41, 5.74) is 2.63. The van der Waals surface area contributed by atoms with Crippen LogP contribution in [-0.2, 0) is 4.74 Å². The van der Waals surface area contributed by atoms with Crippen LogP contribution in [0.4, 0.5) is 5.13 Å². The Balaban J connectivity index is 1.69. The minimum atomic E-state index is 0.770. The monoisotopic (exact) mass is 307 g/mol. The van der Waals surface area contributed by atoms with E-state index >= 15 is 0 Å². The maximum atomic E-state index is 5.42. The summed E-state index contributed by atoms with van der Waals surface area (Å²) < 4.78 is 5.42. The molecular formula is C16H25N3OS. The zero-order chi connectivity index (χ0) is 14.7. The van der Waals surface area contributed by atoms with Gasteiger partial charge in [-0.05, 0) is 32.3 Å². The molecule has 1 N–H and O–H groups in total. The lowest BCUT2D eigenvalue weighted by molar-refractivity contribution is 0.122.